The molecule has 2 heterocycles. The number of carbonyl (C=O) groups excluding carboxylic acids is 1. The van der Waals surface area contributed by atoms with Crippen LogP contribution in [0.5, 0.6) is 0 Å². The second-order valence-electron chi connectivity index (χ2n) is 3.91. The van der Waals surface area contributed by atoms with Crippen LogP contribution in [-0.2, 0) is 0 Å². The number of halogens is 1. The Morgan fingerprint density at radius 2 is 2.35 bits per heavy atom. The van der Waals surface area contributed by atoms with E-state index in [1.807, 2.05) is 0 Å². The van der Waals surface area contributed by atoms with Crippen LogP contribution in [0.3, 0.4) is 0 Å². The maximum absolute atomic E-state index is 11.8. The summed E-state index contributed by atoms with van der Waals surface area (Å²) in [6.07, 6.45) is 3.91. The average Bonchev–Trinajstić information content (AvgIpc) is 2.90. The van der Waals surface area contributed by atoms with Crippen molar-refractivity contribution in [2.45, 2.75) is 18.8 Å². The number of carbonyl (C=O) groups is 1. The van der Waals surface area contributed by atoms with Crippen LogP contribution < -0.4 is 5.32 Å². The van der Waals surface area contributed by atoms with Crippen molar-refractivity contribution in [3.8, 4) is 0 Å². The number of nitrogens with one attached hydrogen (secondary N) is 2. The van der Waals surface area contributed by atoms with E-state index in [0.717, 1.165) is 5.01 Å². The van der Waals surface area contributed by atoms with Crippen LogP contribution in [0.15, 0.2) is 12.3 Å². The lowest BCUT2D eigenvalue weighted by molar-refractivity contribution is 0.102. The molecule has 0 bridgehead atoms. The van der Waals surface area contributed by atoms with Gasteiger partial charge in [0, 0.05) is 12.1 Å². The van der Waals surface area contributed by atoms with Crippen molar-refractivity contribution in [1.29, 1.82) is 0 Å². The summed E-state index contributed by atoms with van der Waals surface area (Å²) in [6.45, 7) is 0. The monoisotopic (exact) mass is 268 g/mol. The van der Waals surface area contributed by atoms with Gasteiger partial charge in [0.15, 0.2) is 0 Å². The van der Waals surface area contributed by atoms with E-state index in [-0.39, 0.29) is 5.91 Å². The van der Waals surface area contributed by atoms with E-state index in [1.165, 1.54) is 24.2 Å². The quantitative estimate of drug-likeness (QED) is 0.899. The molecule has 0 aliphatic heterocycles. The van der Waals surface area contributed by atoms with Gasteiger partial charge < -0.3 is 4.98 Å². The second kappa shape index (κ2) is 4.12. The number of aromatic nitrogens is 3. The summed E-state index contributed by atoms with van der Waals surface area (Å²) in [5, 5.41) is 12.7. The van der Waals surface area contributed by atoms with Crippen LogP contribution in [0.25, 0.3) is 0 Å². The Morgan fingerprint density at radius 3 is 3.00 bits per heavy atom. The summed E-state index contributed by atoms with van der Waals surface area (Å²) in [4.78, 5) is 14.5. The molecule has 0 aromatic carbocycles. The molecular formula is C10H9ClN4OS. The zero-order chi connectivity index (χ0) is 11.8. The lowest BCUT2D eigenvalue weighted by Gasteiger charge is -1.96. The van der Waals surface area contributed by atoms with Crippen LogP contribution in [-0.4, -0.2) is 21.1 Å². The number of aromatic amines is 1. The number of H-pyrrole nitrogens is 1. The molecule has 0 saturated heterocycles. The standard InChI is InChI=1S/C10H9ClN4OS/c11-6-3-7(12-4-6)8(16)13-10-15-14-9(17-10)5-1-2-5/h3-5,12H,1-2H2,(H,13,15,16). The van der Waals surface area contributed by atoms with Crippen molar-refractivity contribution in [3.63, 3.8) is 0 Å². The summed E-state index contributed by atoms with van der Waals surface area (Å²) >= 11 is 7.16. The van der Waals surface area contributed by atoms with E-state index in [0.29, 0.717) is 21.8 Å². The fourth-order valence-electron chi connectivity index (χ4n) is 1.44. The number of amides is 1. The van der Waals surface area contributed by atoms with Crippen molar-refractivity contribution < 1.29 is 4.79 Å². The van der Waals surface area contributed by atoms with E-state index in [9.17, 15) is 4.79 Å². The van der Waals surface area contributed by atoms with Crippen LogP contribution in [0, 0.1) is 0 Å². The molecule has 3 rings (SSSR count). The van der Waals surface area contributed by atoms with Gasteiger partial charge in [-0.2, -0.15) is 0 Å². The molecule has 2 N–H and O–H groups in total. The third kappa shape index (κ3) is 2.32. The zero-order valence-electron chi connectivity index (χ0n) is 8.74. The minimum absolute atomic E-state index is 0.254. The molecule has 7 heteroatoms. The topological polar surface area (TPSA) is 70.7 Å². The van der Waals surface area contributed by atoms with E-state index in [4.69, 9.17) is 11.6 Å². The summed E-state index contributed by atoms with van der Waals surface area (Å²) in [5.41, 5.74) is 0.415. The van der Waals surface area contributed by atoms with Gasteiger partial charge in [0.1, 0.15) is 10.7 Å². The van der Waals surface area contributed by atoms with Gasteiger partial charge in [-0.1, -0.05) is 22.9 Å². The van der Waals surface area contributed by atoms with Crippen LogP contribution in [0.4, 0.5) is 5.13 Å². The molecule has 17 heavy (non-hydrogen) atoms. The van der Waals surface area contributed by atoms with Crippen molar-refractivity contribution in [2.75, 3.05) is 5.32 Å². The average molecular weight is 269 g/mol. The van der Waals surface area contributed by atoms with E-state index >= 15 is 0 Å². The molecule has 0 atom stereocenters. The van der Waals surface area contributed by atoms with Gasteiger partial charge in [-0.25, -0.2) is 0 Å². The molecule has 5 nitrogen and oxygen atoms in total. The molecule has 0 spiro atoms. The first-order valence-electron chi connectivity index (χ1n) is 5.21. The third-order valence-electron chi connectivity index (χ3n) is 2.48. The maximum Gasteiger partial charge on any atom is 0.273 e. The lowest BCUT2D eigenvalue weighted by Crippen LogP contribution is -2.11. The SMILES string of the molecule is O=C(Nc1nnc(C2CC2)s1)c1cc(Cl)c[nH]1. The minimum Gasteiger partial charge on any atom is -0.356 e. The summed E-state index contributed by atoms with van der Waals surface area (Å²) < 4.78 is 0. The van der Waals surface area contributed by atoms with E-state index in [2.05, 4.69) is 20.5 Å². The van der Waals surface area contributed by atoms with Gasteiger partial charge in [0.05, 0.1) is 5.02 Å². The fourth-order valence-corrected chi connectivity index (χ4v) is 2.51. The first-order chi connectivity index (χ1) is 8.22. The number of nitrogens with zero attached hydrogens (tertiary/aromatic N) is 2. The summed E-state index contributed by atoms with van der Waals surface area (Å²) in [5.74, 6) is 0.300. The Labute approximate surface area is 106 Å². The fraction of sp³-hybridized carbons (Fsp3) is 0.300. The van der Waals surface area contributed by atoms with Gasteiger partial charge in [0.2, 0.25) is 5.13 Å². The Morgan fingerprint density at radius 1 is 1.53 bits per heavy atom. The lowest BCUT2D eigenvalue weighted by atomic mass is 10.4. The van der Waals surface area contributed by atoms with Crippen molar-refractivity contribution in [1.82, 2.24) is 15.2 Å². The second-order valence-corrected chi connectivity index (χ2v) is 5.35. The van der Waals surface area contributed by atoms with Crippen molar-refractivity contribution in [3.05, 3.63) is 28.0 Å². The maximum atomic E-state index is 11.8. The largest absolute Gasteiger partial charge is 0.356 e. The molecule has 2 aromatic heterocycles. The highest BCUT2D eigenvalue weighted by Crippen LogP contribution is 2.42. The Hall–Kier alpha value is -1.40. The van der Waals surface area contributed by atoms with Crippen LogP contribution in [0.2, 0.25) is 5.02 Å². The number of rotatable bonds is 3. The van der Waals surface area contributed by atoms with E-state index in [1.54, 1.807) is 12.3 Å². The summed E-state index contributed by atoms with van der Waals surface area (Å²) in [7, 11) is 0. The third-order valence-corrected chi connectivity index (χ3v) is 3.70. The van der Waals surface area contributed by atoms with Crippen molar-refractivity contribution in [2.24, 2.45) is 0 Å². The highest BCUT2D eigenvalue weighted by atomic mass is 35.5. The molecule has 88 valence electrons. The smallest absolute Gasteiger partial charge is 0.273 e. The molecular weight excluding hydrogens is 260 g/mol. The van der Waals surface area contributed by atoms with E-state index < -0.39 is 0 Å². The number of hydrogen-bond donors (Lipinski definition) is 2. The molecule has 0 unspecified atom stereocenters. The van der Waals surface area contributed by atoms with Gasteiger partial charge in [-0.15, -0.1) is 10.2 Å². The normalized spacial score (nSPS) is 14.9. The molecule has 0 radical (unpaired) electrons. The molecule has 1 aliphatic carbocycles. The number of hydrogen-bond acceptors (Lipinski definition) is 4. The molecule has 1 saturated carbocycles. The Kier molecular flexibility index (Phi) is 2.60. The first-order valence-corrected chi connectivity index (χ1v) is 6.40. The highest BCUT2D eigenvalue weighted by Gasteiger charge is 2.27. The zero-order valence-corrected chi connectivity index (χ0v) is 10.3. The molecule has 1 fully saturated rings. The molecule has 2 aromatic rings. The molecule has 1 aliphatic rings. The number of anilines is 1. The Balaban J connectivity index is 1.71. The highest BCUT2D eigenvalue weighted by molar-refractivity contribution is 7.15. The van der Waals surface area contributed by atoms with Crippen molar-refractivity contribution >= 4 is 34.0 Å². The minimum atomic E-state index is -0.254. The Bertz CT molecular complexity index is 560. The van der Waals surface area contributed by atoms with Gasteiger partial charge in [-0.3, -0.25) is 10.1 Å². The van der Waals surface area contributed by atoms with Gasteiger partial charge in [0.25, 0.3) is 5.91 Å². The van der Waals surface area contributed by atoms with Crippen LogP contribution >= 0.6 is 22.9 Å². The summed E-state index contributed by atoms with van der Waals surface area (Å²) in [6, 6.07) is 1.57. The van der Waals surface area contributed by atoms with Crippen LogP contribution in [0.1, 0.15) is 34.3 Å². The van der Waals surface area contributed by atoms with Gasteiger partial charge >= 0.3 is 0 Å². The first kappa shape index (κ1) is 10.7. The van der Waals surface area contributed by atoms with Gasteiger partial charge in [-0.05, 0) is 18.9 Å². The molecule has 1 amide bonds. The predicted molar refractivity (Wildman–Crippen MR) is 65.6 cm³/mol. The predicted octanol–water partition coefficient (Wildman–Crippen LogP) is 2.65.